The van der Waals surface area contributed by atoms with Crippen LogP contribution >= 0.6 is 0 Å². The molecular weight excluding hydrogens is 482 g/mol. The van der Waals surface area contributed by atoms with Crippen LogP contribution in [0, 0.1) is 46.3 Å². The van der Waals surface area contributed by atoms with Gasteiger partial charge in [-0.25, -0.2) is 4.79 Å². The molecule has 0 amide bonds. The minimum atomic E-state index is -1.32. The maximum atomic E-state index is 13.1. The molecule has 0 spiro atoms. The second kappa shape index (κ2) is 10.8. The zero-order valence-electron chi connectivity index (χ0n) is 25.8. The van der Waals surface area contributed by atoms with E-state index < -0.39 is 41.8 Å². The number of aliphatic hydroxyl groups excluding tert-OH is 2. The molecule has 3 aliphatic rings. The van der Waals surface area contributed by atoms with Crippen molar-refractivity contribution in [1.29, 1.82) is 0 Å². The van der Waals surface area contributed by atoms with Crippen LogP contribution in [0.5, 0.6) is 0 Å². The lowest BCUT2D eigenvalue weighted by atomic mass is 9.44. The van der Waals surface area contributed by atoms with Crippen molar-refractivity contribution in [3.8, 4) is 0 Å². The first kappa shape index (κ1) is 31.5. The van der Waals surface area contributed by atoms with Crippen molar-refractivity contribution in [2.75, 3.05) is 13.7 Å². The Hall–Kier alpha value is -0.990. The second-order valence-corrected chi connectivity index (χ2v) is 14.3. The number of allylic oxidation sites excluding steroid dienone is 1. The molecule has 2 fully saturated rings. The number of esters is 1. The highest BCUT2D eigenvalue weighted by Gasteiger charge is 2.67. The molecule has 7 heteroatoms. The van der Waals surface area contributed by atoms with Crippen LogP contribution in [-0.2, 0) is 14.3 Å². The molecule has 0 aromatic heterocycles. The molecule has 1 saturated heterocycles. The van der Waals surface area contributed by atoms with Crippen LogP contribution in [0.3, 0.4) is 0 Å². The van der Waals surface area contributed by atoms with Crippen molar-refractivity contribution in [3.63, 3.8) is 0 Å². The summed E-state index contributed by atoms with van der Waals surface area (Å²) in [5, 5.41) is 37.5. The number of rotatable bonds is 4. The number of carbonyl (C=O) groups is 1. The maximum absolute atomic E-state index is 13.1. The Bertz CT molecular complexity index is 913. The number of hydrogen-bond donors (Lipinski definition) is 4. The maximum Gasteiger partial charge on any atom is 0.337 e. The molecular formula is C31H55NO6. The second-order valence-electron chi connectivity index (χ2n) is 14.3. The van der Waals surface area contributed by atoms with Crippen LogP contribution in [0.2, 0.25) is 0 Å². The number of fused-ring (bicyclic) bond motifs is 3. The van der Waals surface area contributed by atoms with Crippen molar-refractivity contribution >= 4 is 5.97 Å². The number of hydrogen-bond acceptors (Lipinski definition) is 7. The smallest absolute Gasteiger partial charge is 0.337 e. The number of nitrogens with one attached hydrogen (secondary N) is 1. The van der Waals surface area contributed by atoms with Gasteiger partial charge < -0.3 is 30.1 Å². The van der Waals surface area contributed by atoms with Gasteiger partial charge in [0.25, 0.3) is 0 Å². The van der Waals surface area contributed by atoms with Crippen LogP contribution in [0.15, 0.2) is 11.1 Å². The molecule has 4 N–H and O–H groups in total. The highest BCUT2D eigenvalue weighted by atomic mass is 16.6. The lowest BCUT2D eigenvalue weighted by Gasteiger charge is -2.66. The summed E-state index contributed by atoms with van der Waals surface area (Å²) in [6.45, 7) is 23.7. The van der Waals surface area contributed by atoms with Crippen LogP contribution in [0.1, 0.15) is 82.6 Å². The molecule has 1 saturated carbocycles. The Kier molecular flexibility index (Phi) is 8.94. The molecule has 13 atom stereocenters. The van der Waals surface area contributed by atoms with Crippen molar-refractivity contribution in [1.82, 2.24) is 5.32 Å². The summed E-state index contributed by atoms with van der Waals surface area (Å²) >= 11 is 0. The molecule has 2 aliphatic carbocycles. The first-order valence-corrected chi connectivity index (χ1v) is 14.6. The quantitative estimate of drug-likeness (QED) is 0.318. The summed E-state index contributed by atoms with van der Waals surface area (Å²) in [5.41, 5.74) is 0.672. The first-order valence-electron chi connectivity index (χ1n) is 14.6. The third-order valence-electron chi connectivity index (χ3n) is 11.3. The minimum absolute atomic E-state index is 0.128. The standard InChI is InChI=1S/C31H55NO6/c1-15-13-22-31(36,14-37-22)27-19(5)24(33)18(4)26(38-28(35)25(34)21(7)32-12)17(3)23(29(8,9)10)16(2)20(6)30(15,27)11/h15-16,18-22,24-27,32-34,36H,13-14H2,1-12H3/b23-17-/t15?,16?,18-,19?,20?,21?,22?,24?,25?,26?,27?,30+,31?/m1/s1. The summed E-state index contributed by atoms with van der Waals surface area (Å²) in [5.74, 6) is -1.03. The molecule has 3 rings (SSSR count). The number of carbonyl (C=O) groups excluding carboxylic acids is 1. The summed E-state index contributed by atoms with van der Waals surface area (Å²) in [4.78, 5) is 13.1. The highest BCUT2D eigenvalue weighted by Crippen LogP contribution is 2.63. The molecule has 0 bridgehead atoms. The Labute approximate surface area is 230 Å². The lowest BCUT2D eigenvalue weighted by Crippen LogP contribution is -2.74. The zero-order valence-corrected chi connectivity index (χ0v) is 25.8. The summed E-state index contributed by atoms with van der Waals surface area (Å²) in [6.07, 6.45) is -2.30. The van der Waals surface area contributed by atoms with E-state index in [-0.39, 0.29) is 53.1 Å². The topological polar surface area (TPSA) is 108 Å². The van der Waals surface area contributed by atoms with Gasteiger partial charge in [-0.3, -0.25) is 0 Å². The summed E-state index contributed by atoms with van der Waals surface area (Å²) < 4.78 is 12.0. The van der Waals surface area contributed by atoms with E-state index in [1.54, 1.807) is 14.0 Å². The monoisotopic (exact) mass is 537 g/mol. The van der Waals surface area contributed by atoms with Gasteiger partial charge in [-0.1, -0.05) is 67.9 Å². The SMILES string of the molecule is CNC(C)C(O)C(=O)OC1/C(C)=C(\C(C)(C)C)C(C)C(C)[C@]2(C)C(C)CC3OCC3(O)C2C(C)C(O)[C@H]1C. The van der Waals surface area contributed by atoms with Crippen LogP contribution in [-0.4, -0.2) is 71.0 Å². The van der Waals surface area contributed by atoms with E-state index in [9.17, 15) is 20.1 Å². The Balaban J connectivity index is 2.23. The summed E-state index contributed by atoms with van der Waals surface area (Å²) in [6, 6.07) is -0.472. The molecule has 1 aliphatic heterocycles. The number of ether oxygens (including phenoxy) is 2. The van der Waals surface area contributed by atoms with E-state index in [1.807, 2.05) is 20.8 Å². The molecule has 7 nitrogen and oxygen atoms in total. The van der Waals surface area contributed by atoms with Crippen LogP contribution in [0.25, 0.3) is 0 Å². The van der Waals surface area contributed by atoms with Gasteiger partial charge in [-0.05, 0) is 67.4 Å². The van der Waals surface area contributed by atoms with Crippen LogP contribution in [0.4, 0.5) is 0 Å². The average molecular weight is 538 g/mol. The molecule has 11 unspecified atom stereocenters. The fourth-order valence-corrected chi connectivity index (χ4v) is 8.69. The Morgan fingerprint density at radius 3 is 2.21 bits per heavy atom. The van der Waals surface area contributed by atoms with Gasteiger partial charge in [0, 0.05) is 17.9 Å². The molecule has 0 aromatic rings. The fraction of sp³-hybridized carbons (Fsp3) is 0.903. The molecule has 220 valence electrons. The number of likely N-dealkylation sites (N-methyl/N-ethyl adjacent to an activating group) is 1. The van der Waals surface area contributed by atoms with E-state index in [1.165, 1.54) is 5.57 Å². The van der Waals surface area contributed by atoms with Crippen LogP contribution < -0.4 is 5.32 Å². The predicted octanol–water partition coefficient (Wildman–Crippen LogP) is 3.94. The van der Waals surface area contributed by atoms with E-state index in [0.717, 1.165) is 12.0 Å². The van der Waals surface area contributed by atoms with Crippen molar-refractivity contribution in [2.45, 2.75) is 119 Å². The van der Waals surface area contributed by atoms with Gasteiger partial charge in [0.2, 0.25) is 0 Å². The van der Waals surface area contributed by atoms with Gasteiger partial charge in [-0.15, -0.1) is 0 Å². The third-order valence-corrected chi connectivity index (χ3v) is 11.3. The molecule has 0 aromatic carbocycles. The van der Waals surface area contributed by atoms with Gasteiger partial charge in [0.05, 0.1) is 18.8 Å². The predicted molar refractivity (Wildman–Crippen MR) is 149 cm³/mol. The first-order chi connectivity index (χ1) is 17.3. The summed E-state index contributed by atoms with van der Waals surface area (Å²) in [7, 11) is 1.69. The van der Waals surface area contributed by atoms with E-state index in [0.29, 0.717) is 0 Å². The number of aliphatic hydroxyl groups is 3. The third kappa shape index (κ3) is 4.89. The minimum Gasteiger partial charge on any atom is -0.455 e. The van der Waals surface area contributed by atoms with Crippen molar-refractivity contribution in [3.05, 3.63) is 11.1 Å². The van der Waals surface area contributed by atoms with E-state index >= 15 is 0 Å². The molecule has 0 radical (unpaired) electrons. The molecule has 1 heterocycles. The zero-order chi connectivity index (χ0) is 29.1. The normalized spacial score (nSPS) is 47.7. The Morgan fingerprint density at radius 2 is 1.74 bits per heavy atom. The van der Waals surface area contributed by atoms with Gasteiger partial charge in [0.1, 0.15) is 11.7 Å². The largest absolute Gasteiger partial charge is 0.455 e. The van der Waals surface area contributed by atoms with Gasteiger partial charge in [0.15, 0.2) is 6.10 Å². The van der Waals surface area contributed by atoms with Crippen molar-refractivity contribution < 1.29 is 29.6 Å². The average Bonchev–Trinajstić information content (AvgIpc) is 2.84. The lowest BCUT2D eigenvalue weighted by molar-refractivity contribution is -0.331. The van der Waals surface area contributed by atoms with Gasteiger partial charge in [-0.2, -0.15) is 0 Å². The Morgan fingerprint density at radius 1 is 1.16 bits per heavy atom. The van der Waals surface area contributed by atoms with Gasteiger partial charge >= 0.3 is 5.97 Å². The fourth-order valence-electron chi connectivity index (χ4n) is 8.69. The van der Waals surface area contributed by atoms with Crippen molar-refractivity contribution in [2.24, 2.45) is 46.3 Å². The van der Waals surface area contributed by atoms with E-state index in [4.69, 9.17) is 9.47 Å². The highest BCUT2D eigenvalue weighted by molar-refractivity contribution is 5.75. The molecule has 38 heavy (non-hydrogen) atoms. The van der Waals surface area contributed by atoms with E-state index in [2.05, 4.69) is 53.8 Å².